The highest BCUT2D eigenvalue weighted by Crippen LogP contribution is 2.27. The number of thiophene rings is 1. The number of nitrogens with zero attached hydrogens (tertiary/aromatic N) is 1. The van der Waals surface area contributed by atoms with Gasteiger partial charge in [0.05, 0.1) is 12.1 Å². The first-order valence-corrected chi connectivity index (χ1v) is 8.18. The van der Waals surface area contributed by atoms with Gasteiger partial charge in [-0.25, -0.2) is 4.79 Å². The Bertz CT molecular complexity index is 659. The molecule has 4 nitrogen and oxygen atoms in total. The number of benzene rings is 1. The average Bonchev–Trinajstić information content (AvgIpc) is 2.90. The van der Waals surface area contributed by atoms with Crippen LogP contribution in [0.3, 0.4) is 0 Å². The molecule has 5 heteroatoms. The van der Waals surface area contributed by atoms with E-state index >= 15 is 0 Å². The zero-order chi connectivity index (χ0) is 16.5. The summed E-state index contributed by atoms with van der Waals surface area (Å²) in [5.41, 5.74) is 0.250. The van der Waals surface area contributed by atoms with Gasteiger partial charge >= 0.3 is 6.09 Å². The molecule has 0 spiro atoms. The second kappa shape index (κ2) is 6.26. The maximum Gasteiger partial charge on any atom is 0.410 e. The van der Waals surface area contributed by atoms with Crippen LogP contribution in [-0.2, 0) is 4.74 Å². The van der Waals surface area contributed by atoms with E-state index in [9.17, 15) is 9.90 Å². The summed E-state index contributed by atoms with van der Waals surface area (Å²) in [5.74, 6) is 0. The highest BCUT2D eigenvalue weighted by molar-refractivity contribution is 7.17. The Kier molecular flexibility index (Phi) is 4.78. The predicted molar refractivity (Wildman–Crippen MR) is 90.2 cm³/mol. The van der Waals surface area contributed by atoms with Gasteiger partial charge in [0.25, 0.3) is 0 Å². The normalized spacial score (nSPS) is 14.6. The van der Waals surface area contributed by atoms with E-state index in [1.165, 1.54) is 9.60 Å². The molecule has 2 unspecified atom stereocenters. The van der Waals surface area contributed by atoms with Crippen molar-refractivity contribution in [3.05, 3.63) is 35.2 Å². The lowest BCUT2D eigenvalue weighted by molar-refractivity contribution is 0.00520. The maximum absolute atomic E-state index is 12.1. The third-order valence-electron chi connectivity index (χ3n) is 3.57. The number of likely N-dealkylation sites (N-methyl/N-ethyl adjacent to an activating group) is 1. The van der Waals surface area contributed by atoms with E-state index in [0.29, 0.717) is 0 Å². The number of carbonyl (C=O) groups is 1. The van der Waals surface area contributed by atoms with E-state index in [1.807, 2.05) is 57.3 Å². The van der Waals surface area contributed by atoms with Crippen LogP contribution in [0.4, 0.5) is 4.79 Å². The lowest BCUT2D eigenvalue weighted by Gasteiger charge is -2.31. The Morgan fingerprint density at radius 3 is 2.64 bits per heavy atom. The molecule has 0 fully saturated rings. The smallest absolute Gasteiger partial charge is 0.410 e. The van der Waals surface area contributed by atoms with Gasteiger partial charge in [0.1, 0.15) is 5.60 Å². The van der Waals surface area contributed by atoms with E-state index in [1.54, 1.807) is 18.4 Å². The summed E-state index contributed by atoms with van der Waals surface area (Å²) in [6, 6.07) is 7.52. The van der Waals surface area contributed by atoms with Gasteiger partial charge < -0.3 is 14.7 Å². The average molecular weight is 321 g/mol. The number of rotatable bonds is 3. The zero-order valence-corrected chi connectivity index (χ0v) is 14.5. The van der Waals surface area contributed by atoms with Crippen LogP contribution in [0.1, 0.15) is 39.4 Å². The number of hydrogen-bond acceptors (Lipinski definition) is 4. The summed E-state index contributed by atoms with van der Waals surface area (Å²) in [6.07, 6.45) is -1.20. The molecule has 1 amide bonds. The van der Waals surface area contributed by atoms with Crippen molar-refractivity contribution in [1.82, 2.24) is 4.90 Å². The molecule has 0 bridgehead atoms. The first kappa shape index (κ1) is 16.8. The molecule has 2 atom stereocenters. The van der Waals surface area contributed by atoms with Crippen molar-refractivity contribution in [2.24, 2.45) is 0 Å². The van der Waals surface area contributed by atoms with Gasteiger partial charge in [0.15, 0.2) is 0 Å². The zero-order valence-electron chi connectivity index (χ0n) is 13.7. The van der Waals surface area contributed by atoms with Gasteiger partial charge in [-0.15, -0.1) is 11.3 Å². The lowest BCUT2D eigenvalue weighted by atomic mass is 10.0. The lowest BCUT2D eigenvalue weighted by Crippen LogP contribution is -2.42. The summed E-state index contributed by atoms with van der Waals surface area (Å²) >= 11 is 1.67. The first-order valence-electron chi connectivity index (χ1n) is 7.30. The minimum atomic E-state index is -0.762. The SMILES string of the molecule is CC(C(O)c1ccc2sccc2c1)N(C)C(=O)OC(C)(C)C. The van der Waals surface area contributed by atoms with E-state index in [4.69, 9.17) is 4.74 Å². The molecular weight excluding hydrogens is 298 g/mol. The number of amides is 1. The van der Waals surface area contributed by atoms with Crippen LogP contribution >= 0.6 is 11.3 Å². The van der Waals surface area contributed by atoms with Crippen molar-refractivity contribution < 1.29 is 14.6 Å². The molecule has 1 aromatic carbocycles. The van der Waals surface area contributed by atoms with Gasteiger partial charge in [-0.3, -0.25) is 0 Å². The Morgan fingerprint density at radius 1 is 1.32 bits per heavy atom. The van der Waals surface area contributed by atoms with E-state index in [0.717, 1.165) is 10.9 Å². The molecule has 0 radical (unpaired) electrons. The Hall–Kier alpha value is -1.59. The Morgan fingerprint density at radius 2 is 2.00 bits per heavy atom. The maximum atomic E-state index is 12.1. The quantitative estimate of drug-likeness (QED) is 0.922. The Labute approximate surface area is 135 Å². The molecule has 0 aliphatic carbocycles. The van der Waals surface area contributed by atoms with Gasteiger partial charge in [-0.05, 0) is 62.2 Å². The molecule has 0 aliphatic rings. The molecule has 0 saturated heterocycles. The van der Waals surface area contributed by atoms with E-state index in [-0.39, 0.29) is 6.04 Å². The molecule has 120 valence electrons. The summed E-state index contributed by atoms with van der Waals surface area (Å²) in [6.45, 7) is 7.28. The number of hydrogen-bond donors (Lipinski definition) is 1. The van der Waals surface area contributed by atoms with Crippen molar-refractivity contribution >= 4 is 27.5 Å². The van der Waals surface area contributed by atoms with Crippen LogP contribution in [0.5, 0.6) is 0 Å². The fourth-order valence-corrected chi connectivity index (χ4v) is 2.93. The van der Waals surface area contributed by atoms with Crippen LogP contribution in [0, 0.1) is 0 Å². The highest BCUT2D eigenvalue weighted by atomic mass is 32.1. The molecule has 22 heavy (non-hydrogen) atoms. The summed E-state index contributed by atoms with van der Waals surface area (Å²) in [5, 5.41) is 13.7. The second-order valence-corrected chi connectivity index (χ2v) is 7.44. The van der Waals surface area contributed by atoms with Crippen molar-refractivity contribution in [1.29, 1.82) is 0 Å². The van der Waals surface area contributed by atoms with Crippen LogP contribution in [0.25, 0.3) is 10.1 Å². The molecular formula is C17H23NO3S. The topological polar surface area (TPSA) is 49.8 Å². The third kappa shape index (κ3) is 3.78. The summed E-state index contributed by atoms with van der Waals surface area (Å²) < 4.78 is 6.53. The number of carbonyl (C=O) groups excluding carboxylic acids is 1. The minimum absolute atomic E-state index is 0.383. The molecule has 1 N–H and O–H groups in total. The molecule has 2 rings (SSSR count). The van der Waals surface area contributed by atoms with Crippen molar-refractivity contribution in [3.8, 4) is 0 Å². The molecule has 2 aromatic rings. The van der Waals surface area contributed by atoms with Crippen LogP contribution in [-0.4, -0.2) is 34.8 Å². The van der Waals surface area contributed by atoms with Crippen molar-refractivity contribution in [3.63, 3.8) is 0 Å². The van der Waals surface area contributed by atoms with E-state index < -0.39 is 17.8 Å². The molecule has 1 heterocycles. The number of ether oxygens (including phenoxy) is 1. The van der Waals surface area contributed by atoms with Crippen LogP contribution in [0.15, 0.2) is 29.6 Å². The third-order valence-corrected chi connectivity index (χ3v) is 4.47. The van der Waals surface area contributed by atoms with Crippen molar-refractivity contribution in [2.75, 3.05) is 7.05 Å². The van der Waals surface area contributed by atoms with Gasteiger partial charge in [-0.1, -0.05) is 6.07 Å². The largest absolute Gasteiger partial charge is 0.444 e. The fourth-order valence-electron chi connectivity index (χ4n) is 2.16. The minimum Gasteiger partial charge on any atom is -0.444 e. The Balaban J connectivity index is 2.13. The summed E-state index contributed by atoms with van der Waals surface area (Å²) in [4.78, 5) is 13.5. The standard InChI is InChI=1S/C17H23NO3S/c1-11(18(5)16(20)21-17(2,3)4)15(19)13-6-7-14-12(10-13)8-9-22-14/h6-11,15,19H,1-5H3. The predicted octanol–water partition coefficient (Wildman–Crippen LogP) is 4.19. The van der Waals surface area contributed by atoms with Gasteiger partial charge in [-0.2, -0.15) is 0 Å². The summed E-state index contributed by atoms with van der Waals surface area (Å²) in [7, 11) is 1.64. The molecule has 0 aliphatic heterocycles. The van der Waals surface area contributed by atoms with Crippen molar-refractivity contribution in [2.45, 2.75) is 45.4 Å². The fraction of sp³-hybridized carbons (Fsp3) is 0.471. The number of aliphatic hydroxyl groups is 1. The molecule has 1 aromatic heterocycles. The monoisotopic (exact) mass is 321 g/mol. The van der Waals surface area contributed by atoms with E-state index in [2.05, 4.69) is 0 Å². The van der Waals surface area contributed by atoms with Gasteiger partial charge in [0.2, 0.25) is 0 Å². The van der Waals surface area contributed by atoms with Gasteiger partial charge in [0, 0.05) is 11.7 Å². The number of aliphatic hydroxyl groups excluding tert-OH is 1. The second-order valence-electron chi connectivity index (χ2n) is 6.49. The molecule has 0 saturated carbocycles. The van der Waals surface area contributed by atoms with Crippen LogP contribution in [0.2, 0.25) is 0 Å². The number of fused-ring (bicyclic) bond motifs is 1. The van der Waals surface area contributed by atoms with Crippen LogP contribution < -0.4 is 0 Å². The highest BCUT2D eigenvalue weighted by Gasteiger charge is 2.27. The first-order chi connectivity index (χ1) is 10.2.